The summed E-state index contributed by atoms with van der Waals surface area (Å²) in [5.41, 5.74) is 2.91. The molecule has 0 fully saturated rings. The van der Waals surface area contributed by atoms with E-state index < -0.39 is 10.7 Å². The van der Waals surface area contributed by atoms with Crippen molar-refractivity contribution in [3.05, 3.63) is 76.6 Å². The van der Waals surface area contributed by atoms with Gasteiger partial charge < -0.3 is 9.72 Å². The lowest BCUT2D eigenvalue weighted by Crippen LogP contribution is -1.96. The van der Waals surface area contributed by atoms with E-state index >= 15 is 0 Å². The molecule has 1 N–H and O–H groups in total. The van der Waals surface area contributed by atoms with Gasteiger partial charge in [0.2, 0.25) is 0 Å². The molecule has 1 heterocycles. The van der Waals surface area contributed by atoms with E-state index in [1.807, 2.05) is 30.3 Å². The molecule has 4 aromatic rings. The summed E-state index contributed by atoms with van der Waals surface area (Å²) in [5, 5.41) is 11.0. The van der Waals surface area contributed by atoms with Crippen LogP contribution < -0.4 is 4.74 Å². The number of benzene rings is 3. The molecular formula is C24H22FN3O3. The summed E-state index contributed by atoms with van der Waals surface area (Å²) in [6.45, 7) is 2.84. The van der Waals surface area contributed by atoms with Crippen LogP contribution in [0.25, 0.3) is 33.5 Å². The fourth-order valence-electron chi connectivity index (χ4n) is 3.41. The lowest BCUT2D eigenvalue weighted by Gasteiger charge is -2.08. The van der Waals surface area contributed by atoms with Crippen LogP contribution in [0, 0.1) is 15.9 Å². The molecule has 0 atom stereocenters. The Bertz CT molecular complexity index is 1220. The highest BCUT2D eigenvalue weighted by molar-refractivity contribution is 5.82. The number of hydrogen-bond donors (Lipinski definition) is 1. The summed E-state index contributed by atoms with van der Waals surface area (Å²) in [7, 11) is 0. The second-order valence-electron chi connectivity index (χ2n) is 7.32. The number of nitrogens with one attached hydrogen (secondary N) is 1. The van der Waals surface area contributed by atoms with Crippen LogP contribution in [0.1, 0.15) is 26.2 Å². The molecule has 4 rings (SSSR count). The zero-order valence-corrected chi connectivity index (χ0v) is 17.1. The van der Waals surface area contributed by atoms with Gasteiger partial charge in [-0.25, -0.2) is 9.37 Å². The smallest absolute Gasteiger partial charge is 0.271 e. The van der Waals surface area contributed by atoms with Crippen molar-refractivity contribution in [1.29, 1.82) is 0 Å². The van der Waals surface area contributed by atoms with Gasteiger partial charge in [-0.15, -0.1) is 0 Å². The van der Waals surface area contributed by atoms with Gasteiger partial charge in [-0.3, -0.25) is 10.1 Å². The van der Waals surface area contributed by atoms with Gasteiger partial charge in [0.25, 0.3) is 5.69 Å². The number of rotatable bonds is 8. The molecule has 0 bridgehead atoms. The number of nitro groups is 1. The predicted octanol–water partition coefficient (Wildman–Crippen LogP) is 6.51. The van der Waals surface area contributed by atoms with Crippen LogP contribution in [0.3, 0.4) is 0 Å². The Labute approximate surface area is 178 Å². The minimum atomic E-state index is -0.475. The third-order valence-corrected chi connectivity index (χ3v) is 5.10. The number of halogens is 1. The quantitative estimate of drug-likeness (QED) is 0.200. The number of aromatic nitrogens is 2. The van der Waals surface area contributed by atoms with Crippen molar-refractivity contribution in [2.24, 2.45) is 0 Å². The van der Waals surface area contributed by atoms with Crippen LogP contribution in [-0.2, 0) is 0 Å². The lowest BCUT2D eigenvalue weighted by molar-refractivity contribution is -0.384. The van der Waals surface area contributed by atoms with Gasteiger partial charge >= 0.3 is 0 Å². The van der Waals surface area contributed by atoms with E-state index in [0.717, 1.165) is 36.1 Å². The van der Waals surface area contributed by atoms with Crippen molar-refractivity contribution in [2.45, 2.75) is 26.2 Å². The van der Waals surface area contributed by atoms with E-state index in [1.54, 1.807) is 12.1 Å². The molecule has 3 aromatic carbocycles. The molecule has 31 heavy (non-hydrogen) atoms. The van der Waals surface area contributed by atoms with Crippen molar-refractivity contribution >= 4 is 16.7 Å². The average molecular weight is 419 g/mol. The third kappa shape index (κ3) is 4.55. The first-order valence-corrected chi connectivity index (χ1v) is 10.2. The van der Waals surface area contributed by atoms with Crippen LogP contribution in [0.4, 0.5) is 10.1 Å². The second kappa shape index (κ2) is 8.95. The Morgan fingerprint density at radius 2 is 1.81 bits per heavy atom. The normalized spacial score (nSPS) is 11.0. The van der Waals surface area contributed by atoms with E-state index in [0.29, 0.717) is 29.0 Å². The van der Waals surface area contributed by atoms with Crippen molar-refractivity contribution in [1.82, 2.24) is 9.97 Å². The summed E-state index contributed by atoms with van der Waals surface area (Å²) < 4.78 is 20.6. The topological polar surface area (TPSA) is 81.1 Å². The second-order valence-corrected chi connectivity index (χ2v) is 7.32. The van der Waals surface area contributed by atoms with Crippen LogP contribution in [0.5, 0.6) is 5.75 Å². The number of ether oxygens (including phenoxy) is 1. The lowest BCUT2D eigenvalue weighted by atomic mass is 10.0. The van der Waals surface area contributed by atoms with E-state index in [-0.39, 0.29) is 5.69 Å². The van der Waals surface area contributed by atoms with Crippen LogP contribution >= 0.6 is 0 Å². The Balaban J connectivity index is 1.54. The van der Waals surface area contributed by atoms with Gasteiger partial charge in [0.1, 0.15) is 17.4 Å². The van der Waals surface area contributed by atoms with E-state index in [2.05, 4.69) is 16.9 Å². The molecule has 158 valence electrons. The number of non-ortho nitro benzene ring substituents is 1. The van der Waals surface area contributed by atoms with Gasteiger partial charge in [0, 0.05) is 12.1 Å². The van der Waals surface area contributed by atoms with Gasteiger partial charge in [-0.1, -0.05) is 38.0 Å². The Morgan fingerprint density at radius 1 is 1.03 bits per heavy atom. The summed E-state index contributed by atoms with van der Waals surface area (Å²) in [6, 6.07) is 16.9. The average Bonchev–Trinajstić information content (AvgIpc) is 3.20. The van der Waals surface area contributed by atoms with Crippen molar-refractivity contribution in [3.63, 3.8) is 0 Å². The highest BCUT2D eigenvalue weighted by atomic mass is 19.1. The molecule has 0 aliphatic heterocycles. The fourth-order valence-corrected chi connectivity index (χ4v) is 3.41. The molecule has 0 amide bonds. The SMILES string of the molecule is CCCCCOc1ccc(-c2ccc(-c3nc4ccc([N+](=O)[O-])cc4[nH]3)c(F)c2)cc1. The summed E-state index contributed by atoms with van der Waals surface area (Å²) in [5.74, 6) is 0.703. The Kier molecular flexibility index (Phi) is 5.93. The van der Waals surface area contributed by atoms with Gasteiger partial charge in [-0.2, -0.15) is 0 Å². The molecule has 0 aliphatic rings. The summed E-state index contributed by atoms with van der Waals surface area (Å²) in [6.07, 6.45) is 3.32. The summed E-state index contributed by atoms with van der Waals surface area (Å²) >= 11 is 0. The largest absolute Gasteiger partial charge is 0.494 e. The molecule has 0 unspecified atom stereocenters. The maximum atomic E-state index is 14.9. The van der Waals surface area contributed by atoms with Crippen LogP contribution in [0.15, 0.2) is 60.7 Å². The van der Waals surface area contributed by atoms with Gasteiger partial charge in [0.05, 0.1) is 28.1 Å². The molecular weight excluding hydrogens is 397 g/mol. The third-order valence-electron chi connectivity index (χ3n) is 5.10. The predicted molar refractivity (Wildman–Crippen MR) is 119 cm³/mol. The minimum Gasteiger partial charge on any atom is -0.494 e. The molecule has 0 radical (unpaired) electrons. The van der Waals surface area contributed by atoms with Crippen molar-refractivity contribution in [2.75, 3.05) is 6.61 Å². The number of nitro benzene ring substituents is 1. The molecule has 0 spiro atoms. The zero-order valence-electron chi connectivity index (χ0n) is 17.1. The first-order chi connectivity index (χ1) is 15.0. The first-order valence-electron chi connectivity index (χ1n) is 10.2. The molecule has 0 aliphatic carbocycles. The Morgan fingerprint density at radius 3 is 2.52 bits per heavy atom. The maximum Gasteiger partial charge on any atom is 0.271 e. The number of fused-ring (bicyclic) bond motifs is 1. The molecule has 0 saturated carbocycles. The number of unbranched alkanes of at least 4 members (excludes halogenated alkanes) is 2. The first kappa shape index (κ1) is 20.5. The van der Waals surface area contributed by atoms with Gasteiger partial charge in [-0.05, 0) is 47.9 Å². The number of aromatic amines is 1. The summed E-state index contributed by atoms with van der Waals surface area (Å²) in [4.78, 5) is 17.8. The molecule has 1 aromatic heterocycles. The standard InChI is InChI=1S/C24H22FN3O3/c1-2-3-4-13-31-19-9-5-16(6-10-19)17-7-11-20(21(25)14-17)24-26-22-12-8-18(28(29)30)15-23(22)27-24/h5-12,14-15H,2-4,13H2,1H3,(H,26,27). The number of nitrogens with zero attached hydrogens (tertiary/aromatic N) is 2. The minimum absolute atomic E-state index is 0.0451. The molecule has 6 nitrogen and oxygen atoms in total. The van der Waals surface area contributed by atoms with Crippen molar-refractivity contribution in [3.8, 4) is 28.3 Å². The van der Waals surface area contributed by atoms with E-state index in [4.69, 9.17) is 4.74 Å². The molecule has 0 saturated heterocycles. The number of imidazole rings is 1. The van der Waals surface area contributed by atoms with Crippen LogP contribution in [-0.4, -0.2) is 21.5 Å². The number of H-pyrrole nitrogens is 1. The van der Waals surface area contributed by atoms with E-state index in [1.165, 1.54) is 18.2 Å². The fraction of sp³-hybridized carbons (Fsp3) is 0.208. The monoisotopic (exact) mass is 419 g/mol. The number of hydrogen-bond acceptors (Lipinski definition) is 4. The highest BCUT2D eigenvalue weighted by Gasteiger charge is 2.14. The van der Waals surface area contributed by atoms with Crippen molar-refractivity contribution < 1.29 is 14.1 Å². The van der Waals surface area contributed by atoms with Crippen LogP contribution in [0.2, 0.25) is 0 Å². The molecule has 7 heteroatoms. The Hall–Kier alpha value is -3.74. The zero-order chi connectivity index (χ0) is 21.8. The van der Waals surface area contributed by atoms with E-state index in [9.17, 15) is 14.5 Å². The highest BCUT2D eigenvalue weighted by Crippen LogP contribution is 2.29. The van der Waals surface area contributed by atoms with Gasteiger partial charge in [0.15, 0.2) is 0 Å². The maximum absolute atomic E-state index is 14.9.